The van der Waals surface area contributed by atoms with Gasteiger partial charge in [0.05, 0.1) is 5.52 Å². The maximum Gasteiger partial charge on any atom is 0.270 e. The Kier molecular flexibility index (Phi) is 2.85. The van der Waals surface area contributed by atoms with Gasteiger partial charge in [-0.2, -0.15) is 0 Å². The average Bonchev–Trinajstić information content (AvgIpc) is 3.12. The van der Waals surface area contributed by atoms with Crippen molar-refractivity contribution < 1.29 is 4.79 Å². The maximum atomic E-state index is 12.2. The number of fused-ring (bicyclic) bond motifs is 1. The molecule has 1 aliphatic carbocycles. The van der Waals surface area contributed by atoms with E-state index in [2.05, 4.69) is 22.5 Å². The number of hydrogen-bond donors (Lipinski definition) is 2. The lowest BCUT2D eigenvalue weighted by atomic mass is 10.1. The molecule has 98 valence electrons. The van der Waals surface area contributed by atoms with Gasteiger partial charge in [0.1, 0.15) is 5.69 Å². The Morgan fingerprint density at radius 2 is 2.11 bits per heavy atom. The quantitative estimate of drug-likeness (QED) is 0.885. The summed E-state index contributed by atoms with van der Waals surface area (Å²) in [6.07, 6.45) is 1.07. The number of amides is 1. The smallest absolute Gasteiger partial charge is 0.270 e. The molecule has 2 unspecified atom stereocenters. The van der Waals surface area contributed by atoms with Crippen molar-refractivity contribution in [2.75, 3.05) is 12.4 Å². The SMILES string of the molecule is CNc1cc(C(=O)NC2CC2C)nc2ccccc12. The summed E-state index contributed by atoms with van der Waals surface area (Å²) >= 11 is 0. The molecule has 3 rings (SSSR count). The van der Waals surface area contributed by atoms with E-state index in [1.165, 1.54) is 0 Å². The number of aromatic nitrogens is 1. The normalized spacial score (nSPS) is 21.2. The molecule has 1 heterocycles. The second-order valence-corrected chi connectivity index (χ2v) is 5.12. The van der Waals surface area contributed by atoms with E-state index in [1.807, 2.05) is 37.4 Å². The van der Waals surface area contributed by atoms with Crippen LogP contribution in [0.15, 0.2) is 30.3 Å². The molecule has 2 aromatic rings. The summed E-state index contributed by atoms with van der Waals surface area (Å²) in [5.41, 5.74) is 2.24. The third kappa shape index (κ3) is 2.26. The van der Waals surface area contributed by atoms with Gasteiger partial charge in [0.2, 0.25) is 0 Å². The summed E-state index contributed by atoms with van der Waals surface area (Å²) in [6, 6.07) is 9.95. The van der Waals surface area contributed by atoms with E-state index < -0.39 is 0 Å². The Morgan fingerprint density at radius 3 is 2.79 bits per heavy atom. The lowest BCUT2D eigenvalue weighted by molar-refractivity contribution is 0.0945. The van der Waals surface area contributed by atoms with Crippen molar-refractivity contribution in [3.8, 4) is 0 Å². The minimum atomic E-state index is -0.0865. The molecule has 1 fully saturated rings. The zero-order valence-electron chi connectivity index (χ0n) is 11.1. The molecular weight excluding hydrogens is 238 g/mol. The summed E-state index contributed by atoms with van der Waals surface area (Å²) in [5.74, 6) is 0.504. The first-order valence-electron chi connectivity index (χ1n) is 6.57. The van der Waals surface area contributed by atoms with E-state index >= 15 is 0 Å². The molecule has 4 heteroatoms. The first kappa shape index (κ1) is 12.0. The first-order chi connectivity index (χ1) is 9.19. The molecule has 0 bridgehead atoms. The molecule has 2 N–H and O–H groups in total. The van der Waals surface area contributed by atoms with Crippen molar-refractivity contribution in [1.82, 2.24) is 10.3 Å². The summed E-state index contributed by atoms with van der Waals surface area (Å²) in [6.45, 7) is 2.14. The molecule has 1 amide bonds. The molecule has 0 aliphatic heterocycles. The number of para-hydroxylation sites is 1. The monoisotopic (exact) mass is 255 g/mol. The second kappa shape index (κ2) is 4.53. The van der Waals surface area contributed by atoms with Gasteiger partial charge in [-0.05, 0) is 24.5 Å². The van der Waals surface area contributed by atoms with Gasteiger partial charge in [-0.3, -0.25) is 4.79 Å². The predicted molar refractivity (Wildman–Crippen MR) is 76.3 cm³/mol. The molecule has 0 spiro atoms. The van der Waals surface area contributed by atoms with Crippen molar-refractivity contribution >= 4 is 22.5 Å². The third-order valence-electron chi connectivity index (χ3n) is 3.64. The number of rotatable bonds is 3. The first-order valence-corrected chi connectivity index (χ1v) is 6.57. The van der Waals surface area contributed by atoms with Crippen LogP contribution in [0.25, 0.3) is 10.9 Å². The van der Waals surface area contributed by atoms with Gasteiger partial charge in [0.25, 0.3) is 5.91 Å². The van der Waals surface area contributed by atoms with Crippen LogP contribution in [0, 0.1) is 5.92 Å². The summed E-state index contributed by atoms with van der Waals surface area (Å²) < 4.78 is 0. The number of pyridine rings is 1. The molecule has 1 aromatic heterocycles. The third-order valence-corrected chi connectivity index (χ3v) is 3.64. The van der Waals surface area contributed by atoms with Crippen LogP contribution in [0.2, 0.25) is 0 Å². The maximum absolute atomic E-state index is 12.2. The molecule has 4 nitrogen and oxygen atoms in total. The Bertz CT molecular complexity index is 638. The Balaban J connectivity index is 1.97. The van der Waals surface area contributed by atoms with Crippen LogP contribution in [0.4, 0.5) is 5.69 Å². The van der Waals surface area contributed by atoms with Crippen molar-refractivity contribution in [3.05, 3.63) is 36.0 Å². The zero-order chi connectivity index (χ0) is 13.4. The number of carbonyl (C=O) groups excluding carboxylic acids is 1. The topological polar surface area (TPSA) is 54.0 Å². The standard InChI is InChI=1S/C15H17N3O/c1-9-7-12(9)18-15(19)14-8-13(16-2)10-5-3-4-6-11(10)17-14/h3-6,8-9,12H,7H2,1-2H3,(H,16,17)(H,18,19). The van der Waals surface area contributed by atoms with Crippen molar-refractivity contribution in [2.24, 2.45) is 5.92 Å². The molecule has 1 aliphatic rings. The van der Waals surface area contributed by atoms with Crippen LogP contribution in [-0.4, -0.2) is 24.0 Å². The zero-order valence-corrected chi connectivity index (χ0v) is 11.1. The van der Waals surface area contributed by atoms with Crippen LogP contribution in [-0.2, 0) is 0 Å². The van der Waals surface area contributed by atoms with E-state index in [0.717, 1.165) is 23.0 Å². The lowest BCUT2D eigenvalue weighted by Gasteiger charge is -2.09. The Morgan fingerprint density at radius 1 is 1.37 bits per heavy atom. The van der Waals surface area contributed by atoms with Crippen LogP contribution in [0.1, 0.15) is 23.8 Å². The summed E-state index contributed by atoms with van der Waals surface area (Å²) in [7, 11) is 1.85. The van der Waals surface area contributed by atoms with Gasteiger partial charge < -0.3 is 10.6 Å². The largest absolute Gasteiger partial charge is 0.388 e. The highest BCUT2D eigenvalue weighted by atomic mass is 16.2. The van der Waals surface area contributed by atoms with Crippen LogP contribution >= 0.6 is 0 Å². The van der Waals surface area contributed by atoms with Crippen LogP contribution in [0.3, 0.4) is 0 Å². The minimum Gasteiger partial charge on any atom is -0.388 e. The lowest BCUT2D eigenvalue weighted by Crippen LogP contribution is -2.27. The highest BCUT2D eigenvalue weighted by Crippen LogP contribution is 2.29. The molecule has 1 aromatic carbocycles. The van der Waals surface area contributed by atoms with Crippen molar-refractivity contribution in [2.45, 2.75) is 19.4 Å². The van der Waals surface area contributed by atoms with E-state index in [9.17, 15) is 4.79 Å². The van der Waals surface area contributed by atoms with E-state index in [0.29, 0.717) is 17.7 Å². The summed E-state index contributed by atoms with van der Waals surface area (Å²) in [5, 5.41) is 7.16. The molecular formula is C15H17N3O. The average molecular weight is 255 g/mol. The van der Waals surface area contributed by atoms with Gasteiger partial charge in [0, 0.05) is 24.2 Å². The highest BCUT2D eigenvalue weighted by Gasteiger charge is 2.34. The fourth-order valence-corrected chi connectivity index (χ4v) is 2.26. The number of nitrogens with zero attached hydrogens (tertiary/aromatic N) is 1. The minimum absolute atomic E-state index is 0.0865. The van der Waals surface area contributed by atoms with Crippen LogP contribution < -0.4 is 10.6 Å². The predicted octanol–water partition coefficient (Wildman–Crippen LogP) is 2.41. The number of nitrogens with one attached hydrogen (secondary N) is 2. The molecule has 2 atom stereocenters. The number of hydrogen-bond acceptors (Lipinski definition) is 3. The number of benzene rings is 1. The van der Waals surface area contributed by atoms with Gasteiger partial charge in [-0.25, -0.2) is 4.98 Å². The fraction of sp³-hybridized carbons (Fsp3) is 0.333. The molecule has 19 heavy (non-hydrogen) atoms. The Labute approximate surface area is 112 Å². The molecule has 1 saturated carbocycles. The second-order valence-electron chi connectivity index (χ2n) is 5.12. The van der Waals surface area contributed by atoms with E-state index in [1.54, 1.807) is 0 Å². The van der Waals surface area contributed by atoms with E-state index in [4.69, 9.17) is 0 Å². The van der Waals surface area contributed by atoms with Crippen molar-refractivity contribution in [3.63, 3.8) is 0 Å². The molecule has 0 radical (unpaired) electrons. The van der Waals surface area contributed by atoms with Gasteiger partial charge in [-0.15, -0.1) is 0 Å². The Hall–Kier alpha value is -2.10. The van der Waals surface area contributed by atoms with E-state index in [-0.39, 0.29) is 5.91 Å². The summed E-state index contributed by atoms with van der Waals surface area (Å²) in [4.78, 5) is 16.6. The van der Waals surface area contributed by atoms with Gasteiger partial charge in [0.15, 0.2) is 0 Å². The van der Waals surface area contributed by atoms with Gasteiger partial charge in [-0.1, -0.05) is 25.1 Å². The number of anilines is 1. The van der Waals surface area contributed by atoms with Crippen LogP contribution in [0.5, 0.6) is 0 Å². The number of carbonyl (C=O) groups is 1. The highest BCUT2D eigenvalue weighted by molar-refractivity contribution is 5.99. The van der Waals surface area contributed by atoms with Crippen molar-refractivity contribution in [1.29, 1.82) is 0 Å². The molecule has 0 saturated heterocycles. The fourth-order valence-electron chi connectivity index (χ4n) is 2.26. The van der Waals surface area contributed by atoms with Gasteiger partial charge >= 0.3 is 0 Å².